The average Bonchev–Trinajstić information content (AvgIpc) is 2.68. The van der Waals surface area contributed by atoms with Gasteiger partial charge in [-0.05, 0) is 49.5 Å². The highest BCUT2D eigenvalue weighted by atomic mass is 32.2. The van der Waals surface area contributed by atoms with Gasteiger partial charge in [-0.2, -0.15) is 0 Å². The first kappa shape index (κ1) is 19.2. The van der Waals surface area contributed by atoms with Crippen LogP contribution in [0.2, 0.25) is 0 Å². The van der Waals surface area contributed by atoms with Crippen LogP contribution in [0.3, 0.4) is 0 Å². The van der Waals surface area contributed by atoms with Gasteiger partial charge < -0.3 is 9.80 Å². The molecule has 1 aliphatic rings. The first-order valence-corrected chi connectivity index (χ1v) is 9.83. The summed E-state index contributed by atoms with van der Waals surface area (Å²) in [5.41, 5.74) is 0.568. The fraction of sp³-hybridized carbons (Fsp3) is 0.278. The molecule has 0 aliphatic carbocycles. The van der Waals surface area contributed by atoms with Crippen molar-refractivity contribution in [3.8, 4) is 0 Å². The lowest BCUT2D eigenvalue weighted by atomic mass is 10.1. The zero-order valence-corrected chi connectivity index (χ0v) is 15.5. The number of nitrogens with one attached hydrogen (secondary N) is 1. The molecule has 0 atom stereocenters. The molecule has 1 aliphatic heterocycles. The van der Waals surface area contributed by atoms with Crippen molar-refractivity contribution in [3.63, 3.8) is 0 Å². The number of anilines is 1. The number of piperazine rings is 1. The molecule has 3 rings (SSSR count). The number of hydrogen-bond donors (Lipinski definition) is 1. The second-order valence-electron chi connectivity index (χ2n) is 6.10. The Morgan fingerprint density at radius 2 is 1.63 bits per heavy atom. The van der Waals surface area contributed by atoms with Crippen LogP contribution in [-0.4, -0.2) is 52.5 Å². The van der Waals surface area contributed by atoms with Crippen LogP contribution in [0, 0.1) is 11.6 Å². The largest absolute Gasteiger partial charge is 0.368 e. The first-order chi connectivity index (χ1) is 12.8. The standard InChI is InChI=1S/C18H19F2N3O3S/c1-21-27(25,26)15-6-7-17(20)16(12-15)18(24)23-10-8-22(9-11-23)14-4-2-13(19)3-5-14/h2-7,12,21H,8-11H2,1H3. The second-order valence-corrected chi connectivity index (χ2v) is 7.99. The smallest absolute Gasteiger partial charge is 0.256 e. The molecule has 1 heterocycles. The van der Waals surface area contributed by atoms with Crippen molar-refractivity contribution in [2.45, 2.75) is 4.90 Å². The molecule has 0 unspecified atom stereocenters. The zero-order chi connectivity index (χ0) is 19.6. The molecule has 9 heteroatoms. The van der Waals surface area contributed by atoms with Gasteiger partial charge in [0.2, 0.25) is 10.0 Å². The topological polar surface area (TPSA) is 69.7 Å². The molecule has 1 saturated heterocycles. The summed E-state index contributed by atoms with van der Waals surface area (Å²) in [6.07, 6.45) is 0. The van der Waals surface area contributed by atoms with Gasteiger partial charge in [0, 0.05) is 31.9 Å². The van der Waals surface area contributed by atoms with Crippen molar-refractivity contribution in [1.29, 1.82) is 0 Å². The van der Waals surface area contributed by atoms with Gasteiger partial charge in [0.15, 0.2) is 0 Å². The lowest BCUT2D eigenvalue weighted by molar-refractivity contribution is 0.0742. The highest BCUT2D eigenvalue weighted by molar-refractivity contribution is 7.89. The Hall–Kier alpha value is -2.52. The molecular formula is C18H19F2N3O3S. The minimum atomic E-state index is -3.78. The van der Waals surface area contributed by atoms with E-state index in [1.54, 1.807) is 12.1 Å². The van der Waals surface area contributed by atoms with Crippen molar-refractivity contribution in [2.24, 2.45) is 0 Å². The molecule has 2 aromatic rings. The monoisotopic (exact) mass is 395 g/mol. The lowest BCUT2D eigenvalue weighted by Gasteiger charge is -2.36. The van der Waals surface area contributed by atoms with E-state index in [9.17, 15) is 22.0 Å². The van der Waals surface area contributed by atoms with E-state index in [1.807, 2.05) is 4.90 Å². The fourth-order valence-electron chi connectivity index (χ4n) is 2.94. The molecule has 1 N–H and O–H groups in total. The summed E-state index contributed by atoms with van der Waals surface area (Å²) < 4.78 is 53.1. The number of sulfonamides is 1. The van der Waals surface area contributed by atoms with Crippen molar-refractivity contribution >= 4 is 21.6 Å². The van der Waals surface area contributed by atoms with Crippen molar-refractivity contribution in [2.75, 3.05) is 38.1 Å². The summed E-state index contributed by atoms with van der Waals surface area (Å²) in [4.78, 5) is 16.0. The Balaban J connectivity index is 1.74. The van der Waals surface area contributed by atoms with E-state index in [0.29, 0.717) is 26.2 Å². The van der Waals surface area contributed by atoms with Crippen molar-refractivity contribution in [1.82, 2.24) is 9.62 Å². The van der Waals surface area contributed by atoms with Crippen LogP contribution < -0.4 is 9.62 Å². The van der Waals surface area contributed by atoms with Crippen LogP contribution in [0.25, 0.3) is 0 Å². The second kappa shape index (κ2) is 7.61. The van der Waals surface area contributed by atoms with E-state index in [-0.39, 0.29) is 16.3 Å². The number of rotatable bonds is 4. The van der Waals surface area contributed by atoms with Gasteiger partial charge in [0.1, 0.15) is 11.6 Å². The van der Waals surface area contributed by atoms with Gasteiger partial charge in [0.25, 0.3) is 5.91 Å². The van der Waals surface area contributed by atoms with Gasteiger partial charge in [-0.15, -0.1) is 0 Å². The Kier molecular flexibility index (Phi) is 5.43. The van der Waals surface area contributed by atoms with E-state index in [1.165, 1.54) is 24.1 Å². The number of halogens is 2. The normalized spacial score (nSPS) is 15.1. The van der Waals surface area contributed by atoms with E-state index >= 15 is 0 Å². The van der Waals surface area contributed by atoms with Crippen LogP contribution >= 0.6 is 0 Å². The van der Waals surface area contributed by atoms with Gasteiger partial charge in [-0.3, -0.25) is 4.79 Å². The molecule has 0 spiro atoms. The van der Waals surface area contributed by atoms with E-state index in [4.69, 9.17) is 0 Å². The highest BCUT2D eigenvalue weighted by Crippen LogP contribution is 2.20. The van der Waals surface area contributed by atoms with Gasteiger partial charge in [-0.1, -0.05) is 0 Å². The molecule has 0 aromatic heterocycles. The van der Waals surface area contributed by atoms with E-state index in [0.717, 1.165) is 23.9 Å². The summed E-state index contributed by atoms with van der Waals surface area (Å²) in [5.74, 6) is -1.64. The van der Waals surface area contributed by atoms with Crippen molar-refractivity contribution < 1.29 is 22.0 Å². The third-order valence-electron chi connectivity index (χ3n) is 4.51. The van der Waals surface area contributed by atoms with E-state index < -0.39 is 21.7 Å². The molecule has 27 heavy (non-hydrogen) atoms. The Morgan fingerprint density at radius 1 is 1.00 bits per heavy atom. The maximum Gasteiger partial charge on any atom is 0.256 e. The molecule has 0 radical (unpaired) electrons. The van der Waals surface area contributed by atoms with Gasteiger partial charge in [-0.25, -0.2) is 21.9 Å². The number of benzene rings is 2. The molecular weight excluding hydrogens is 376 g/mol. The number of carbonyl (C=O) groups is 1. The molecule has 1 fully saturated rings. The van der Waals surface area contributed by atoms with Crippen LogP contribution in [-0.2, 0) is 10.0 Å². The molecule has 1 amide bonds. The predicted molar refractivity (Wildman–Crippen MR) is 97.2 cm³/mol. The lowest BCUT2D eigenvalue weighted by Crippen LogP contribution is -2.49. The zero-order valence-electron chi connectivity index (χ0n) is 14.7. The van der Waals surface area contributed by atoms with Crippen LogP contribution in [0.15, 0.2) is 47.4 Å². The van der Waals surface area contributed by atoms with Crippen molar-refractivity contribution in [3.05, 3.63) is 59.7 Å². The minimum Gasteiger partial charge on any atom is -0.368 e. The number of nitrogens with zero attached hydrogens (tertiary/aromatic N) is 2. The van der Waals surface area contributed by atoms with Gasteiger partial charge in [0.05, 0.1) is 10.5 Å². The number of hydrogen-bond acceptors (Lipinski definition) is 4. The quantitative estimate of drug-likeness (QED) is 0.858. The SMILES string of the molecule is CNS(=O)(=O)c1ccc(F)c(C(=O)N2CCN(c3ccc(F)cc3)CC2)c1. The summed E-state index contributed by atoms with van der Waals surface area (Å²) in [6, 6.07) is 9.22. The molecule has 0 saturated carbocycles. The minimum absolute atomic E-state index is 0.167. The third kappa shape index (κ3) is 4.09. The summed E-state index contributed by atoms with van der Waals surface area (Å²) in [5, 5.41) is 0. The first-order valence-electron chi connectivity index (χ1n) is 8.35. The third-order valence-corrected chi connectivity index (χ3v) is 5.92. The van der Waals surface area contributed by atoms with Crippen LogP contribution in [0.4, 0.5) is 14.5 Å². The van der Waals surface area contributed by atoms with Crippen LogP contribution in [0.5, 0.6) is 0 Å². The number of carbonyl (C=O) groups excluding carboxylic acids is 1. The molecule has 6 nitrogen and oxygen atoms in total. The average molecular weight is 395 g/mol. The maximum absolute atomic E-state index is 14.1. The number of amides is 1. The highest BCUT2D eigenvalue weighted by Gasteiger charge is 2.26. The van der Waals surface area contributed by atoms with Gasteiger partial charge >= 0.3 is 0 Å². The summed E-state index contributed by atoms with van der Waals surface area (Å²) >= 11 is 0. The Morgan fingerprint density at radius 3 is 2.22 bits per heavy atom. The van der Waals surface area contributed by atoms with E-state index in [2.05, 4.69) is 4.72 Å². The fourth-order valence-corrected chi connectivity index (χ4v) is 3.70. The van der Waals surface area contributed by atoms with Crippen LogP contribution in [0.1, 0.15) is 10.4 Å². The summed E-state index contributed by atoms with van der Waals surface area (Å²) in [7, 11) is -2.53. The Bertz CT molecular complexity index is 941. The summed E-state index contributed by atoms with van der Waals surface area (Å²) in [6.45, 7) is 1.71. The Labute approximate surface area is 156 Å². The maximum atomic E-state index is 14.1. The molecule has 2 aromatic carbocycles. The molecule has 0 bridgehead atoms. The predicted octanol–water partition coefficient (Wildman–Crippen LogP) is 1.84. The molecule has 144 valence electrons.